The van der Waals surface area contributed by atoms with Gasteiger partial charge in [-0.15, -0.1) is 0 Å². The lowest BCUT2D eigenvalue weighted by Crippen LogP contribution is -2.00. The van der Waals surface area contributed by atoms with Crippen molar-refractivity contribution in [2.24, 2.45) is 0 Å². The van der Waals surface area contributed by atoms with Crippen molar-refractivity contribution in [2.75, 3.05) is 6.26 Å². The molecule has 1 fully saturated rings. The lowest BCUT2D eigenvalue weighted by Gasteiger charge is -1.91. The van der Waals surface area contributed by atoms with Gasteiger partial charge in [0.1, 0.15) is 0 Å². The van der Waals surface area contributed by atoms with Gasteiger partial charge in [0.15, 0.2) is 9.84 Å². The lowest BCUT2D eigenvalue weighted by atomic mass is 10.3. The molecule has 1 aromatic rings. The molecule has 1 aromatic heterocycles. The molecule has 5 heteroatoms. The fourth-order valence-corrected chi connectivity index (χ4v) is 2.04. The molecule has 0 atom stereocenters. The minimum absolute atomic E-state index is 0.0622. The zero-order valence-electron chi connectivity index (χ0n) is 7.45. The maximum Gasteiger partial charge on any atom is 0.153 e. The lowest BCUT2D eigenvalue weighted by molar-refractivity contribution is 0.600. The Bertz CT molecular complexity index is 404. The minimum atomic E-state index is -2.94. The summed E-state index contributed by atoms with van der Waals surface area (Å²) in [5.41, 5.74) is 1.71. The third kappa shape index (κ3) is 2.30. The van der Waals surface area contributed by atoms with Crippen LogP contribution in [0.15, 0.2) is 6.07 Å². The number of rotatable bonds is 3. The summed E-state index contributed by atoms with van der Waals surface area (Å²) < 4.78 is 21.9. The second-order valence-electron chi connectivity index (χ2n) is 3.66. The maximum atomic E-state index is 10.9. The third-order valence-electron chi connectivity index (χ3n) is 2.06. The van der Waals surface area contributed by atoms with E-state index >= 15 is 0 Å². The van der Waals surface area contributed by atoms with Crippen LogP contribution < -0.4 is 0 Å². The molecule has 0 aromatic carbocycles. The molecule has 1 aliphatic carbocycles. The molecule has 0 bridgehead atoms. The predicted octanol–water partition coefficient (Wildman–Crippen LogP) is 0.832. The fraction of sp³-hybridized carbons (Fsp3) is 0.625. The van der Waals surface area contributed by atoms with E-state index in [0.29, 0.717) is 11.6 Å². The van der Waals surface area contributed by atoms with Crippen LogP contribution >= 0.6 is 0 Å². The Labute approximate surface area is 77.3 Å². The van der Waals surface area contributed by atoms with Crippen molar-refractivity contribution >= 4 is 9.84 Å². The summed E-state index contributed by atoms with van der Waals surface area (Å²) in [5.74, 6) is 0.636. The molecule has 13 heavy (non-hydrogen) atoms. The quantitative estimate of drug-likeness (QED) is 0.786. The smallest absolute Gasteiger partial charge is 0.153 e. The number of hydrogen-bond acceptors (Lipinski definition) is 3. The summed E-state index contributed by atoms with van der Waals surface area (Å²) in [6.45, 7) is 0. The Kier molecular flexibility index (Phi) is 1.91. The minimum Gasteiger partial charge on any atom is -0.281 e. The van der Waals surface area contributed by atoms with E-state index in [0.717, 1.165) is 5.69 Å². The highest BCUT2D eigenvalue weighted by Gasteiger charge is 2.26. The molecule has 0 amide bonds. The Hall–Kier alpha value is -0.840. The van der Waals surface area contributed by atoms with E-state index < -0.39 is 9.84 Å². The van der Waals surface area contributed by atoms with Crippen LogP contribution in [0.3, 0.4) is 0 Å². The van der Waals surface area contributed by atoms with Gasteiger partial charge < -0.3 is 0 Å². The van der Waals surface area contributed by atoms with Crippen molar-refractivity contribution in [2.45, 2.75) is 24.5 Å². The Morgan fingerprint density at radius 1 is 1.62 bits per heavy atom. The molecule has 0 aliphatic heterocycles. The Morgan fingerprint density at radius 3 is 2.85 bits per heavy atom. The SMILES string of the molecule is CS(=O)(=O)Cc1cc(C2CC2)n[nH]1. The second-order valence-corrected chi connectivity index (χ2v) is 5.80. The molecule has 1 N–H and O–H groups in total. The van der Waals surface area contributed by atoms with Gasteiger partial charge in [0.05, 0.1) is 17.1 Å². The topological polar surface area (TPSA) is 62.8 Å². The molecule has 0 saturated heterocycles. The van der Waals surface area contributed by atoms with Gasteiger partial charge in [0.25, 0.3) is 0 Å². The Balaban J connectivity index is 2.13. The van der Waals surface area contributed by atoms with Crippen LogP contribution in [0.5, 0.6) is 0 Å². The normalized spacial score (nSPS) is 17.6. The van der Waals surface area contributed by atoms with Crippen molar-refractivity contribution in [3.05, 3.63) is 17.5 Å². The number of aromatic amines is 1. The second kappa shape index (κ2) is 2.83. The average Bonchev–Trinajstić information content (AvgIpc) is 2.72. The molecular weight excluding hydrogens is 188 g/mol. The number of aromatic nitrogens is 2. The summed E-state index contributed by atoms with van der Waals surface area (Å²) in [6.07, 6.45) is 3.59. The highest BCUT2D eigenvalue weighted by atomic mass is 32.2. The number of hydrogen-bond donors (Lipinski definition) is 1. The van der Waals surface area contributed by atoms with Crippen molar-refractivity contribution in [3.63, 3.8) is 0 Å². The van der Waals surface area contributed by atoms with Crippen LogP contribution in [0, 0.1) is 0 Å². The van der Waals surface area contributed by atoms with Gasteiger partial charge in [0.2, 0.25) is 0 Å². The molecule has 72 valence electrons. The van der Waals surface area contributed by atoms with Crippen LogP contribution in [-0.2, 0) is 15.6 Å². The first kappa shape index (κ1) is 8.74. The first-order valence-electron chi connectivity index (χ1n) is 4.26. The van der Waals surface area contributed by atoms with Crippen molar-refractivity contribution in [1.29, 1.82) is 0 Å². The van der Waals surface area contributed by atoms with E-state index in [-0.39, 0.29) is 5.75 Å². The molecular formula is C8H12N2O2S. The summed E-state index contributed by atoms with van der Waals surface area (Å²) in [4.78, 5) is 0. The largest absolute Gasteiger partial charge is 0.281 e. The van der Waals surface area contributed by atoms with Gasteiger partial charge in [-0.05, 0) is 18.9 Å². The van der Waals surface area contributed by atoms with Gasteiger partial charge in [-0.2, -0.15) is 5.10 Å². The van der Waals surface area contributed by atoms with Gasteiger partial charge in [0, 0.05) is 12.2 Å². The summed E-state index contributed by atoms with van der Waals surface area (Å²) in [7, 11) is -2.94. The number of H-pyrrole nitrogens is 1. The Morgan fingerprint density at radius 2 is 2.31 bits per heavy atom. The molecule has 1 heterocycles. The molecule has 0 spiro atoms. The molecule has 4 nitrogen and oxygen atoms in total. The monoisotopic (exact) mass is 200 g/mol. The van der Waals surface area contributed by atoms with Crippen molar-refractivity contribution in [3.8, 4) is 0 Å². The van der Waals surface area contributed by atoms with Crippen LogP contribution in [0.2, 0.25) is 0 Å². The van der Waals surface area contributed by atoms with Crippen LogP contribution in [0.25, 0.3) is 0 Å². The number of nitrogens with zero attached hydrogens (tertiary/aromatic N) is 1. The van der Waals surface area contributed by atoms with E-state index in [1.54, 1.807) is 0 Å². The van der Waals surface area contributed by atoms with Gasteiger partial charge in [-0.25, -0.2) is 8.42 Å². The van der Waals surface area contributed by atoms with E-state index in [2.05, 4.69) is 10.2 Å². The van der Waals surface area contributed by atoms with Crippen LogP contribution in [0.4, 0.5) is 0 Å². The van der Waals surface area contributed by atoms with E-state index in [4.69, 9.17) is 0 Å². The molecule has 0 unspecified atom stereocenters. The van der Waals surface area contributed by atoms with Crippen molar-refractivity contribution in [1.82, 2.24) is 10.2 Å². The van der Waals surface area contributed by atoms with Crippen LogP contribution in [-0.4, -0.2) is 24.9 Å². The van der Waals surface area contributed by atoms with Crippen LogP contribution in [0.1, 0.15) is 30.1 Å². The molecule has 0 radical (unpaired) electrons. The van der Waals surface area contributed by atoms with Crippen molar-refractivity contribution < 1.29 is 8.42 Å². The van der Waals surface area contributed by atoms with E-state index in [1.165, 1.54) is 19.1 Å². The van der Waals surface area contributed by atoms with Gasteiger partial charge in [-0.1, -0.05) is 0 Å². The molecule has 1 saturated carbocycles. The van der Waals surface area contributed by atoms with E-state index in [1.807, 2.05) is 6.07 Å². The summed E-state index contributed by atoms with van der Waals surface area (Å²) >= 11 is 0. The third-order valence-corrected chi connectivity index (χ3v) is 2.90. The standard InChI is InChI=1S/C8H12N2O2S/c1-13(11,12)5-7-4-8(10-9-7)6-2-3-6/h4,6H,2-3,5H2,1H3,(H,9,10). The predicted molar refractivity (Wildman–Crippen MR) is 49.1 cm³/mol. The van der Waals surface area contributed by atoms with Gasteiger partial charge >= 0.3 is 0 Å². The van der Waals surface area contributed by atoms with E-state index in [9.17, 15) is 8.42 Å². The zero-order chi connectivity index (χ0) is 9.47. The molecule has 1 aliphatic rings. The highest BCUT2D eigenvalue weighted by Crippen LogP contribution is 2.39. The first-order chi connectivity index (χ1) is 6.04. The maximum absolute atomic E-state index is 10.9. The zero-order valence-corrected chi connectivity index (χ0v) is 8.26. The summed E-state index contributed by atoms with van der Waals surface area (Å²) in [5, 5.41) is 6.83. The fourth-order valence-electron chi connectivity index (χ4n) is 1.32. The average molecular weight is 200 g/mol. The molecule has 2 rings (SSSR count). The van der Waals surface area contributed by atoms with Gasteiger partial charge in [-0.3, -0.25) is 5.10 Å². The number of nitrogens with one attached hydrogen (secondary N) is 1. The first-order valence-corrected chi connectivity index (χ1v) is 6.32. The highest BCUT2D eigenvalue weighted by molar-refractivity contribution is 7.89. The number of sulfone groups is 1. The summed E-state index contributed by atoms with van der Waals surface area (Å²) in [6, 6.07) is 1.86.